The molecule has 2 aromatic heterocycles. The number of nitrogen functional groups attached to an aromatic ring is 1. The highest BCUT2D eigenvalue weighted by molar-refractivity contribution is 6.02. The van der Waals surface area contributed by atoms with Crippen LogP contribution in [0, 0.1) is 0 Å². The summed E-state index contributed by atoms with van der Waals surface area (Å²) in [6.07, 6.45) is 5.98. The molecule has 0 fully saturated rings. The zero-order valence-corrected chi connectivity index (χ0v) is 9.29. The normalized spacial score (nSPS) is 10.2. The van der Waals surface area contributed by atoms with Crippen LogP contribution in [-0.2, 0) is 6.54 Å². The van der Waals surface area contributed by atoms with Crippen LogP contribution in [0.4, 0.5) is 11.5 Å². The molecule has 0 saturated carbocycles. The van der Waals surface area contributed by atoms with Gasteiger partial charge in [-0.1, -0.05) is 0 Å². The highest BCUT2D eigenvalue weighted by Crippen LogP contribution is 2.06. The topological polar surface area (TPSA) is 98.7 Å². The lowest BCUT2D eigenvalue weighted by atomic mass is 10.4. The molecule has 0 aliphatic rings. The molecular formula is C10H12N6O. The molecule has 88 valence electrons. The van der Waals surface area contributed by atoms with Crippen LogP contribution in [0.3, 0.4) is 0 Å². The third-order valence-electron chi connectivity index (χ3n) is 2.12. The van der Waals surface area contributed by atoms with Crippen molar-refractivity contribution in [2.45, 2.75) is 13.5 Å². The van der Waals surface area contributed by atoms with Crippen LogP contribution >= 0.6 is 0 Å². The third-order valence-corrected chi connectivity index (χ3v) is 2.12. The fourth-order valence-electron chi connectivity index (χ4n) is 1.25. The molecule has 7 nitrogen and oxygen atoms in total. The molecule has 1 amide bonds. The van der Waals surface area contributed by atoms with Crippen LogP contribution in [0.25, 0.3) is 0 Å². The lowest BCUT2D eigenvalue weighted by Crippen LogP contribution is -2.13. The summed E-state index contributed by atoms with van der Waals surface area (Å²) in [5.74, 6) is -0.0616. The number of aromatic nitrogens is 4. The largest absolute Gasteiger partial charge is 0.382 e. The van der Waals surface area contributed by atoms with Crippen LogP contribution in [0.1, 0.15) is 17.4 Å². The number of rotatable bonds is 3. The first-order valence-electron chi connectivity index (χ1n) is 5.10. The Morgan fingerprint density at radius 1 is 1.41 bits per heavy atom. The summed E-state index contributed by atoms with van der Waals surface area (Å²) in [6, 6.07) is 0. The molecular weight excluding hydrogens is 220 g/mol. The molecule has 0 spiro atoms. The van der Waals surface area contributed by atoms with Crippen LogP contribution in [-0.4, -0.2) is 25.7 Å². The number of nitrogens with one attached hydrogen (secondary N) is 1. The highest BCUT2D eigenvalue weighted by Gasteiger charge is 2.08. The van der Waals surface area contributed by atoms with Gasteiger partial charge < -0.3 is 11.1 Å². The SMILES string of the molecule is CCn1cc(NC(=O)c2cnc(N)cn2)cn1. The monoisotopic (exact) mass is 232 g/mol. The average Bonchev–Trinajstić information content (AvgIpc) is 2.77. The molecule has 0 bridgehead atoms. The van der Waals surface area contributed by atoms with E-state index in [-0.39, 0.29) is 17.4 Å². The van der Waals surface area contributed by atoms with Crippen molar-refractivity contribution in [3.05, 3.63) is 30.5 Å². The Labute approximate surface area is 97.7 Å². The summed E-state index contributed by atoms with van der Waals surface area (Å²) in [5, 5.41) is 6.71. The number of hydrogen-bond acceptors (Lipinski definition) is 5. The van der Waals surface area contributed by atoms with Gasteiger partial charge in [-0.2, -0.15) is 5.10 Å². The van der Waals surface area contributed by atoms with Crippen LogP contribution in [0.5, 0.6) is 0 Å². The summed E-state index contributed by atoms with van der Waals surface area (Å²) in [5.41, 5.74) is 6.21. The summed E-state index contributed by atoms with van der Waals surface area (Å²) in [7, 11) is 0. The van der Waals surface area contributed by atoms with E-state index in [0.29, 0.717) is 5.69 Å². The molecule has 0 unspecified atom stereocenters. The molecule has 0 aromatic carbocycles. The Hall–Kier alpha value is -2.44. The molecule has 3 N–H and O–H groups in total. The highest BCUT2D eigenvalue weighted by atomic mass is 16.1. The molecule has 7 heteroatoms. The summed E-state index contributed by atoms with van der Waals surface area (Å²) >= 11 is 0. The van der Waals surface area contributed by atoms with Crippen LogP contribution in [0.15, 0.2) is 24.8 Å². The van der Waals surface area contributed by atoms with Gasteiger partial charge in [-0.05, 0) is 6.92 Å². The number of aryl methyl sites for hydroxylation is 1. The van der Waals surface area contributed by atoms with Crippen molar-refractivity contribution in [3.8, 4) is 0 Å². The Balaban J connectivity index is 2.08. The first-order chi connectivity index (χ1) is 8.19. The number of hydrogen-bond donors (Lipinski definition) is 2. The predicted octanol–water partition coefficient (Wildman–Crippen LogP) is 0.528. The minimum atomic E-state index is -0.340. The Bertz CT molecular complexity index is 518. The van der Waals surface area contributed by atoms with Gasteiger partial charge in [-0.15, -0.1) is 0 Å². The van der Waals surface area contributed by atoms with E-state index >= 15 is 0 Å². The van der Waals surface area contributed by atoms with Crippen LogP contribution < -0.4 is 11.1 Å². The molecule has 0 aliphatic heterocycles. The van der Waals surface area contributed by atoms with Crippen molar-refractivity contribution in [3.63, 3.8) is 0 Å². The van der Waals surface area contributed by atoms with E-state index in [1.807, 2.05) is 6.92 Å². The number of nitrogens with zero attached hydrogens (tertiary/aromatic N) is 4. The van der Waals surface area contributed by atoms with E-state index in [9.17, 15) is 4.79 Å². The minimum Gasteiger partial charge on any atom is -0.382 e. The van der Waals surface area contributed by atoms with E-state index < -0.39 is 0 Å². The molecule has 17 heavy (non-hydrogen) atoms. The lowest BCUT2D eigenvalue weighted by molar-refractivity contribution is 0.102. The van der Waals surface area contributed by atoms with Gasteiger partial charge in [0.05, 0.1) is 24.3 Å². The zero-order valence-electron chi connectivity index (χ0n) is 9.29. The van der Waals surface area contributed by atoms with Gasteiger partial charge >= 0.3 is 0 Å². The van der Waals surface area contributed by atoms with Crippen molar-refractivity contribution in [2.75, 3.05) is 11.1 Å². The maximum Gasteiger partial charge on any atom is 0.275 e. The molecule has 2 aromatic rings. The Morgan fingerprint density at radius 3 is 2.82 bits per heavy atom. The summed E-state index contributed by atoms with van der Waals surface area (Å²) < 4.78 is 1.71. The van der Waals surface area contributed by atoms with Crippen molar-refractivity contribution in [1.29, 1.82) is 0 Å². The number of anilines is 2. The molecule has 2 rings (SSSR count). The first kappa shape index (κ1) is 11.1. The number of amides is 1. The number of nitrogens with two attached hydrogens (primary N) is 1. The van der Waals surface area contributed by atoms with Crippen molar-refractivity contribution < 1.29 is 4.79 Å². The summed E-state index contributed by atoms with van der Waals surface area (Å²) in [6.45, 7) is 2.71. The van der Waals surface area contributed by atoms with Crippen molar-refractivity contribution in [1.82, 2.24) is 19.7 Å². The fourth-order valence-corrected chi connectivity index (χ4v) is 1.25. The average molecular weight is 232 g/mol. The van der Waals surface area contributed by atoms with Gasteiger partial charge in [-0.3, -0.25) is 9.48 Å². The van der Waals surface area contributed by atoms with Crippen LogP contribution in [0.2, 0.25) is 0 Å². The second kappa shape index (κ2) is 4.60. The van der Waals surface area contributed by atoms with E-state index in [2.05, 4.69) is 20.4 Å². The van der Waals surface area contributed by atoms with E-state index in [0.717, 1.165) is 6.54 Å². The molecule has 0 radical (unpaired) electrons. The molecule has 0 saturated heterocycles. The second-order valence-corrected chi connectivity index (χ2v) is 3.37. The number of carbonyl (C=O) groups excluding carboxylic acids is 1. The van der Waals surface area contributed by atoms with Gasteiger partial charge in [-0.25, -0.2) is 9.97 Å². The van der Waals surface area contributed by atoms with Crippen molar-refractivity contribution in [2.24, 2.45) is 0 Å². The van der Waals surface area contributed by atoms with Gasteiger partial charge in [0.2, 0.25) is 0 Å². The maximum atomic E-state index is 11.7. The standard InChI is InChI=1S/C10H12N6O/c1-2-16-6-7(3-14-16)15-10(17)8-4-13-9(11)5-12-8/h3-6H,2H2,1H3,(H2,11,13)(H,15,17). The molecule has 0 aliphatic carbocycles. The maximum absolute atomic E-state index is 11.7. The van der Waals surface area contributed by atoms with E-state index in [1.165, 1.54) is 12.4 Å². The van der Waals surface area contributed by atoms with Gasteiger partial charge in [0.1, 0.15) is 11.5 Å². The smallest absolute Gasteiger partial charge is 0.275 e. The third kappa shape index (κ3) is 2.57. The number of carbonyl (C=O) groups is 1. The van der Waals surface area contributed by atoms with E-state index in [1.54, 1.807) is 17.1 Å². The zero-order chi connectivity index (χ0) is 12.3. The molecule has 2 heterocycles. The van der Waals surface area contributed by atoms with E-state index in [4.69, 9.17) is 5.73 Å². The van der Waals surface area contributed by atoms with Gasteiger partial charge in [0.15, 0.2) is 0 Å². The Kier molecular flexibility index (Phi) is 2.99. The quantitative estimate of drug-likeness (QED) is 0.804. The minimum absolute atomic E-state index is 0.212. The predicted molar refractivity (Wildman–Crippen MR) is 62.3 cm³/mol. The second-order valence-electron chi connectivity index (χ2n) is 3.37. The molecule has 0 atom stereocenters. The lowest BCUT2D eigenvalue weighted by Gasteiger charge is -2.01. The van der Waals surface area contributed by atoms with Gasteiger partial charge in [0.25, 0.3) is 5.91 Å². The van der Waals surface area contributed by atoms with Crippen molar-refractivity contribution >= 4 is 17.4 Å². The Morgan fingerprint density at radius 2 is 2.24 bits per heavy atom. The fraction of sp³-hybridized carbons (Fsp3) is 0.200. The summed E-state index contributed by atoms with van der Waals surface area (Å²) in [4.78, 5) is 19.4. The van der Waals surface area contributed by atoms with Gasteiger partial charge in [0, 0.05) is 12.7 Å². The first-order valence-corrected chi connectivity index (χ1v) is 5.10.